The van der Waals surface area contributed by atoms with Crippen molar-refractivity contribution in [2.45, 2.75) is 32.2 Å². The SMILES string of the molecule is O=C(c1cccnc1)N1CCC2(CCCN(c3ncccn3)CCN(Cc3ccccc3)C(=O)c3ccccc3OC2)CC1. The summed E-state index contributed by atoms with van der Waals surface area (Å²) in [6.07, 6.45) is 10.3. The second kappa shape index (κ2) is 13.7. The van der Waals surface area contributed by atoms with Crippen LogP contribution in [0.5, 0.6) is 5.75 Å². The summed E-state index contributed by atoms with van der Waals surface area (Å²) in [5, 5.41) is 0. The van der Waals surface area contributed by atoms with Gasteiger partial charge in [0.05, 0.1) is 17.7 Å². The van der Waals surface area contributed by atoms with Gasteiger partial charge in [0.2, 0.25) is 5.95 Å². The van der Waals surface area contributed by atoms with Gasteiger partial charge in [-0.3, -0.25) is 14.6 Å². The average Bonchev–Trinajstić information content (AvgIpc) is 3.10. The molecule has 0 aliphatic carbocycles. The predicted octanol–water partition coefficient (Wildman–Crippen LogP) is 5.12. The van der Waals surface area contributed by atoms with Crippen LogP contribution in [-0.2, 0) is 6.54 Å². The Kier molecular flexibility index (Phi) is 9.10. The molecule has 0 N–H and O–H groups in total. The van der Waals surface area contributed by atoms with Crippen LogP contribution in [0.4, 0.5) is 5.95 Å². The number of piperidine rings is 1. The Morgan fingerprint density at radius 1 is 0.795 bits per heavy atom. The molecule has 4 aromatic rings. The third kappa shape index (κ3) is 6.88. The largest absolute Gasteiger partial charge is 0.492 e. The van der Waals surface area contributed by atoms with Crippen molar-refractivity contribution >= 4 is 17.8 Å². The van der Waals surface area contributed by atoms with Gasteiger partial charge in [-0.1, -0.05) is 42.5 Å². The van der Waals surface area contributed by atoms with E-state index in [9.17, 15) is 9.59 Å². The number of nitrogens with zero attached hydrogens (tertiary/aromatic N) is 6. The molecule has 2 aromatic heterocycles. The highest BCUT2D eigenvalue weighted by Gasteiger charge is 2.37. The van der Waals surface area contributed by atoms with Crippen LogP contribution < -0.4 is 9.64 Å². The number of amides is 2. The molecule has 1 saturated heterocycles. The van der Waals surface area contributed by atoms with Crippen molar-refractivity contribution in [3.8, 4) is 5.75 Å². The van der Waals surface area contributed by atoms with Gasteiger partial charge in [0.25, 0.3) is 11.8 Å². The summed E-state index contributed by atoms with van der Waals surface area (Å²) in [4.78, 5) is 46.6. The summed E-state index contributed by atoms with van der Waals surface area (Å²) >= 11 is 0. The zero-order valence-corrected chi connectivity index (χ0v) is 24.9. The maximum atomic E-state index is 14.2. The molecule has 1 fully saturated rings. The molecule has 0 radical (unpaired) electrons. The van der Waals surface area contributed by atoms with E-state index in [1.807, 2.05) is 76.5 Å². The van der Waals surface area contributed by atoms with Crippen LogP contribution in [0.25, 0.3) is 0 Å². The number of fused-ring (bicyclic) bond motifs is 1. The van der Waals surface area contributed by atoms with Gasteiger partial charge >= 0.3 is 0 Å². The molecule has 4 heterocycles. The lowest BCUT2D eigenvalue weighted by molar-refractivity contribution is 0.0363. The van der Waals surface area contributed by atoms with Crippen LogP contribution in [0.1, 0.15) is 52.0 Å². The van der Waals surface area contributed by atoms with E-state index in [2.05, 4.69) is 19.9 Å². The molecule has 2 amide bonds. The number of likely N-dealkylation sites (tertiary alicyclic amines) is 1. The van der Waals surface area contributed by atoms with Gasteiger partial charge < -0.3 is 19.4 Å². The van der Waals surface area contributed by atoms with Crippen molar-refractivity contribution in [3.05, 3.63) is 114 Å². The molecule has 9 nitrogen and oxygen atoms in total. The third-order valence-corrected chi connectivity index (χ3v) is 8.78. The number of hydrogen-bond acceptors (Lipinski definition) is 7. The fourth-order valence-corrected chi connectivity index (χ4v) is 6.20. The Morgan fingerprint density at radius 2 is 1.57 bits per heavy atom. The summed E-state index contributed by atoms with van der Waals surface area (Å²) in [5.41, 5.74) is 2.10. The van der Waals surface area contributed by atoms with Crippen LogP contribution in [-0.4, -0.2) is 75.9 Å². The summed E-state index contributed by atoms with van der Waals surface area (Å²) in [5.74, 6) is 1.22. The Balaban J connectivity index is 1.27. The number of benzene rings is 2. The van der Waals surface area contributed by atoms with Crippen LogP contribution >= 0.6 is 0 Å². The van der Waals surface area contributed by atoms with Crippen molar-refractivity contribution < 1.29 is 14.3 Å². The van der Waals surface area contributed by atoms with E-state index < -0.39 is 0 Å². The van der Waals surface area contributed by atoms with Gasteiger partial charge in [0.15, 0.2) is 0 Å². The van der Waals surface area contributed by atoms with Crippen molar-refractivity contribution in [2.75, 3.05) is 44.2 Å². The van der Waals surface area contributed by atoms with E-state index in [0.29, 0.717) is 62.2 Å². The molecule has 0 saturated carbocycles. The predicted molar refractivity (Wildman–Crippen MR) is 168 cm³/mol. The molecular formula is C35H38N6O3. The molecule has 6 rings (SSSR count). The number of ether oxygens (including phenoxy) is 1. The first-order valence-electron chi connectivity index (χ1n) is 15.4. The first-order chi connectivity index (χ1) is 21.6. The normalized spacial score (nSPS) is 17.5. The molecule has 2 aliphatic rings. The maximum absolute atomic E-state index is 14.2. The first-order valence-corrected chi connectivity index (χ1v) is 15.4. The summed E-state index contributed by atoms with van der Waals surface area (Å²) in [7, 11) is 0. The van der Waals surface area contributed by atoms with Crippen molar-refractivity contribution in [1.82, 2.24) is 24.8 Å². The highest BCUT2D eigenvalue weighted by atomic mass is 16.5. The molecule has 226 valence electrons. The van der Waals surface area contributed by atoms with Crippen molar-refractivity contribution in [2.24, 2.45) is 5.41 Å². The molecule has 9 heteroatoms. The molecule has 2 aromatic carbocycles. The molecule has 0 bridgehead atoms. The number of anilines is 1. The van der Waals surface area contributed by atoms with Crippen molar-refractivity contribution in [3.63, 3.8) is 0 Å². The van der Waals surface area contributed by atoms with Crippen LogP contribution in [0, 0.1) is 5.41 Å². The molecular weight excluding hydrogens is 552 g/mol. The zero-order chi connectivity index (χ0) is 30.2. The minimum absolute atomic E-state index is 0.0142. The number of pyridine rings is 1. The monoisotopic (exact) mass is 590 g/mol. The summed E-state index contributed by atoms with van der Waals surface area (Å²) in [6, 6.07) is 23.1. The quantitative estimate of drug-likeness (QED) is 0.326. The Labute approximate surface area is 258 Å². The van der Waals surface area contributed by atoms with Crippen molar-refractivity contribution in [1.29, 1.82) is 0 Å². The van der Waals surface area contributed by atoms with Crippen LogP contribution in [0.3, 0.4) is 0 Å². The van der Waals surface area contributed by atoms with E-state index in [4.69, 9.17) is 4.74 Å². The fourth-order valence-electron chi connectivity index (χ4n) is 6.20. The number of carbonyl (C=O) groups excluding carboxylic acids is 2. The summed E-state index contributed by atoms with van der Waals surface area (Å²) in [6.45, 7) is 4.13. The zero-order valence-electron chi connectivity index (χ0n) is 24.9. The maximum Gasteiger partial charge on any atom is 0.257 e. The van der Waals surface area contributed by atoms with E-state index in [1.165, 1.54) is 0 Å². The van der Waals surface area contributed by atoms with Crippen LogP contribution in [0.2, 0.25) is 0 Å². The smallest absolute Gasteiger partial charge is 0.257 e. The van der Waals surface area contributed by atoms with E-state index in [1.54, 1.807) is 30.9 Å². The second-order valence-electron chi connectivity index (χ2n) is 11.7. The molecule has 2 aliphatic heterocycles. The Bertz CT molecular complexity index is 1530. The minimum atomic E-state index is -0.136. The van der Waals surface area contributed by atoms with Gasteiger partial charge in [0, 0.05) is 69.5 Å². The molecule has 44 heavy (non-hydrogen) atoms. The third-order valence-electron chi connectivity index (χ3n) is 8.78. The second-order valence-corrected chi connectivity index (χ2v) is 11.7. The highest BCUT2D eigenvalue weighted by molar-refractivity contribution is 5.97. The number of para-hydroxylation sites is 1. The number of rotatable bonds is 4. The molecule has 1 spiro atoms. The standard InChI is InChI=1S/C35H38N6O3/c42-32(29-11-6-17-36-25-29)39-21-15-35(16-22-39)14-7-20-40(34-37-18-8-19-38-34)23-24-41(26-28-9-2-1-3-10-28)33(43)30-12-4-5-13-31(30)44-27-35/h1-6,8-13,17-19,25H,7,14-16,20-24,26-27H2. The lowest BCUT2D eigenvalue weighted by atomic mass is 9.75. The van der Waals surface area contributed by atoms with E-state index >= 15 is 0 Å². The summed E-state index contributed by atoms with van der Waals surface area (Å²) < 4.78 is 6.56. The Hall–Kier alpha value is -4.79. The number of aromatic nitrogens is 3. The lowest BCUT2D eigenvalue weighted by Gasteiger charge is -2.42. The van der Waals surface area contributed by atoms with Gasteiger partial charge in [0.1, 0.15) is 5.75 Å². The average molecular weight is 591 g/mol. The van der Waals surface area contributed by atoms with Gasteiger partial charge in [-0.25, -0.2) is 9.97 Å². The van der Waals surface area contributed by atoms with Crippen LogP contribution in [0.15, 0.2) is 97.6 Å². The first kappa shape index (κ1) is 29.3. The molecule has 0 atom stereocenters. The Morgan fingerprint density at radius 3 is 2.34 bits per heavy atom. The minimum Gasteiger partial charge on any atom is -0.492 e. The van der Waals surface area contributed by atoms with Gasteiger partial charge in [-0.05, 0) is 61.6 Å². The van der Waals surface area contributed by atoms with Gasteiger partial charge in [-0.2, -0.15) is 0 Å². The number of hydrogen-bond donors (Lipinski definition) is 0. The van der Waals surface area contributed by atoms with E-state index in [-0.39, 0.29) is 17.2 Å². The topological polar surface area (TPSA) is 91.8 Å². The highest BCUT2D eigenvalue weighted by Crippen LogP contribution is 2.38. The fraction of sp³-hybridized carbons (Fsp3) is 0.343. The van der Waals surface area contributed by atoms with Gasteiger partial charge in [-0.15, -0.1) is 0 Å². The van der Waals surface area contributed by atoms with E-state index in [0.717, 1.165) is 37.8 Å². The number of carbonyl (C=O) groups is 2. The molecule has 0 unspecified atom stereocenters. The lowest BCUT2D eigenvalue weighted by Crippen LogP contribution is -2.46.